The number of anilines is 1. The van der Waals surface area contributed by atoms with Gasteiger partial charge in [0.1, 0.15) is 0 Å². The number of amides is 1. The van der Waals surface area contributed by atoms with Crippen LogP contribution >= 0.6 is 0 Å². The van der Waals surface area contributed by atoms with Crippen molar-refractivity contribution in [2.75, 3.05) is 5.32 Å². The summed E-state index contributed by atoms with van der Waals surface area (Å²) in [7, 11) is 0. The lowest BCUT2D eigenvalue weighted by Crippen LogP contribution is -2.15. The first-order valence-electron chi connectivity index (χ1n) is 7.48. The summed E-state index contributed by atoms with van der Waals surface area (Å²) in [5.74, 6) is -0.373. The Balaban J connectivity index is 1.81. The van der Waals surface area contributed by atoms with Crippen molar-refractivity contribution in [1.82, 2.24) is 0 Å². The molecule has 1 aliphatic carbocycles. The minimum Gasteiger partial charge on any atom is -0.381 e. The zero-order valence-corrected chi connectivity index (χ0v) is 12.1. The zero-order valence-electron chi connectivity index (χ0n) is 12.1. The van der Waals surface area contributed by atoms with Gasteiger partial charge < -0.3 is 11.1 Å². The van der Waals surface area contributed by atoms with Gasteiger partial charge in [0.2, 0.25) is 5.91 Å². The first kappa shape index (κ1) is 13.7. The van der Waals surface area contributed by atoms with Crippen LogP contribution in [0.5, 0.6) is 0 Å². The molecule has 0 saturated carbocycles. The van der Waals surface area contributed by atoms with Gasteiger partial charge in [-0.3, -0.25) is 4.79 Å². The number of nitrogens with two attached hydrogens (primary N) is 1. The molecule has 0 unspecified atom stereocenters. The topological polar surface area (TPSA) is 55.1 Å². The smallest absolute Gasteiger partial charge is 0.249 e. The maximum absolute atomic E-state index is 11.5. The van der Waals surface area contributed by atoms with E-state index in [-0.39, 0.29) is 5.91 Å². The average molecular weight is 280 g/mol. The van der Waals surface area contributed by atoms with E-state index in [1.165, 1.54) is 36.1 Å². The van der Waals surface area contributed by atoms with Gasteiger partial charge in [-0.25, -0.2) is 0 Å². The van der Waals surface area contributed by atoms with Crippen molar-refractivity contribution in [3.8, 4) is 0 Å². The Bertz CT molecular complexity index is 664. The highest BCUT2D eigenvalue weighted by Crippen LogP contribution is 2.28. The van der Waals surface area contributed by atoms with Gasteiger partial charge >= 0.3 is 0 Å². The third-order valence-electron chi connectivity index (χ3n) is 4.15. The molecule has 2 aromatic rings. The van der Waals surface area contributed by atoms with Gasteiger partial charge in [0.25, 0.3) is 0 Å². The van der Waals surface area contributed by atoms with E-state index in [1.807, 2.05) is 18.2 Å². The van der Waals surface area contributed by atoms with Crippen molar-refractivity contribution in [2.24, 2.45) is 5.73 Å². The minimum absolute atomic E-state index is 0.373. The molecule has 3 nitrogen and oxygen atoms in total. The van der Waals surface area contributed by atoms with Gasteiger partial charge in [-0.1, -0.05) is 30.3 Å². The van der Waals surface area contributed by atoms with Crippen LogP contribution in [0.3, 0.4) is 0 Å². The molecule has 0 atom stereocenters. The number of benzene rings is 2. The summed E-state index contributed by atoms with van der Waals surface area (Å²) in [6.45, 7) is 0.621. The van der Waals surface area contributed by atoms with E-state index in [2.05, 4.69) is 23.5 Å². The highest BCUT2D eigenvalue weighted by Gasteiger charge is 2.13. The normalized spacial score (nSPS) is 13.5. The van der Waals surface area contributed by atoms with Crippen LogP contribution in [0.4, 0.5) is 5.69 Å². The second-order valence-corrected chi connectivity index (χ2v) is 5.53. The fourth-order valence-corrected chi connectivity index (χ4v) is 3.05. The van der Waals surface area contributed by atoms with Crippen molar-refractivity contribution in [3.63, 3.8) is 0 Å². The SMILES string of the molecule is NC(=O)c1ccccc1CNc1cccc2c1CCCC2. The summed E-state index contributed by atoms with van der Waals surface area (Å²) in [4.78, 5) is 11.5. The number of fused-ring (bicyclic) bond motifs is 1. The first-order valence-corrected chi connectivity index (χ1v) is 7.48. The molecular formula is C18H20N2O. The van der Waals surface area contributed by atoms with Gasteiger partial charge in [0.15, 0.2) is 0 Å². The van der Waals surface area contributed by atoms with Crippen molar-refractivity contribution in [2.45, 2.75) is 32.2 Å². The first-order chi connectivity index (χ1) is 10.3. The van der Waals surface area contributed by atoms with E-state index in [9.17, 15) is 4.79 Å². The Morgan fingerprint density at radius 2 is 1.86 bits per heavy atom. The van der Waals surface area contributed by atoms with Gasteiger partial charge in [-0.15, -0.1) is 0 Å². The Morgan fingerprint density at radius 3 is 2.71 bits per heavy atom. The molecule has 0 aliphatic heterocycles. The average Bonchev–Trinajstić information content (AvgIpc) is 2.53. The minimum atomic E-state index is -0.373. The number of rotatable bonds is 4. The third-order valence-corrected chi connectivity index (χ3v) is 4.15. The standard InChI is InChI=1S/C18H20N2O/c19-18(21)16-10-4-2-7-14(16)12-20-17-11-5-8-13-6-1-3-9-15(13)17/h2,4-5,7-8,10-11,20H,1,3,6,9,12H2,(H2,19,21). The summed E-state index contributed by atoms with van der Waals surface area (Å²) in [5, 5.41) is 3.48. The molecule has 3 rings (SSSR count). The molecule has 1 amide bonds. The number of carbonyl (C=O) groups is 1. The summed E-state index contributed by atoms with van der Waals surface area (Å²) in [6, 6.07) is 13.9. The number of carbonyl (C=O) groups excluding carboxylic acids is 1. The van der Waals surface area contributed by atoms with E-state index >= 15 is 0 Å². The number of nitrogens with one attached hydrogen (secondary N) is 1. The monoisotopic (exact) mass is 280 g/mol. The summed E-state index contributed by atoms with van der Waals surface area (Å²) in [6.07, 6.45) is 4.84. The Hall–Kier alpha value is -2.29. The second kappa shape index (κ2) is 6.00. The molecule has 0 radical (unpaired) electrons. The fourth-order valence-electron chi connectivity index (χ4n) is 3.05. The molecule has 0 bridgehead atoms. The number of hydrogen-bond donors (Lipinski definition) is 2. The Morgan fingerprint density at radius 1 is 1.05 bits per heavy atom. The lowest BCUT2D eigenvalue weighted by atomic mass is 9.90. The van der Waals surface area contributed by atoms with Crippen LogP contribution in [0, 0.1) is 0 Å². The van der Waals surface area contributed by atoms with Crippen LogP contribution in [0.25, 0.3) is 0 Å². The van der Waals surface area contributed by atoms with E-state index in [0.717, 1.165) is 12.0 Å². The van der Waals surface area contributed by atoms with E-state index in [4.69, 9.17) is 5.73 Å². The lowest BCUT2D eigenvalue weighted by molar-refractivity contribution is 0.0999. The molecule has 21 heavy (non-hydrogen) atoms. The zero-order chi connectivity index (χ0) is 14.7. The van der Waals surface area contributed by atoms with Crippen molar-refractivity contribution in [3.05, 3.63) is 64.7 Å². The summed E-state index contributed by atoms with van der Waals surface area (Å²) in [5.41, 5.74) is 11.0. The van der Waals surface area contributed by atoms with E-state index < -0.39 is 0 Å². The molecule has 3 heteroatoms. The maximum atomic E-state index is 11.5. The molecule has 2 aromatic carbocycles. The van der Waals surface area contributed by atoms with Crippen molar-refractivity contribution >= 4 is 11.6 Å². The molecule has 0 fully saturated rings. The Labute approximate surface area is 125 Å². The number of hydrogen-bond acceptors (Lipinski definition) is 2. The van der Waals surface area contributed by atoms with Crippen LogP contribution in [0.15, 0.2) is 42.5 Å². The predicted molar refractivity (Wildman–Crippen MR) is 85.4 cm³/mol. The van der Waals surface area contributed by atoms with Crippen LogP contribution in [0.1, 0.15) is 39.9 Å². The fraction of sp³-hybridized carbons (Fsp3) is 0.278. The van der Waals surface area contributed by atoms with Gasteiger partial charge in [0.05, 0.1) is 0 Å². The van der Waals surface area contributed by atoms with Crippen LogP contribution < -0.4 is 11.1 Å². The van der Waals surface area contributed by atoms with Gasteiger partial charge in [-0.2, -0.15) is 0 Å². The molecule has 108 valence electrons. The molecule has 0 saturated heterocycles. The quantitative estimate of drug-likeness (QED) is 0.903. The lowest BCUT2D eigenvalue weighted by Gasteiger charge is -2.20. The van der Waals surface area contributed by atoms with E-state index in [1.54, 1.807) is 6.07 Å². The van der Waals surface area contributed by atoms with Gasteiger partial charge in [0, 0.05) is 17.8 Å². The summed E-state index contributed by atoms with van der Waals surface area (Å²) >= 11 is 0. The van der Waals surface area contributed by atoms with Crippen LogP contribution in [-0.2, 0) is 19.4 Å². The largest absolute Gasteiger partial charge is 0.381 e. The molecule has 3 N–H and O–H groups in total. The number of primary amides is 1. The second-order valence-electron chi connectivity index (χ2n) is 5.53. The molecule has 0 heterocycles. The molecular weight excluding hydrogens is 260 g/mol. The van der Waals surface area contributed by atoms with Crippen LogP contribution in [-0.4, -0.2) is 5.91 Å². The van der Waals surface area contributed by atoms with Crippen molar-refractivity contribution in [1.29, 1.82) is 0 Å². The molecule has 0 aromatic heterocycles. The highest BCUT2D eigenvalue weighted by atomic mass is 16.1. The number of aryl methyl sites for hydroxylation is 1. The molecule has 1 aliphatic rings. The predicted octanol–water partition coefficient (Wildman–Crippen LogP) is 3.28. The maximum Gasteiger partial charge on any atom is 0.249 e. The highest BCUT2D eigenvalue weighted by molar-refractivity contribution is 5.94. The van der Waals surface area contributed by atoms with E-state index in [0.29, 0.717) is 12.1 Å². The van der Waals surface area contributed by atoms with Crippen molar-refractivity contribution < 1.29 is 4.79 Å². The molecule has 0 spiro atoms. The summed E-state index contributed by atoms with van der Waals surface area (Å²) < 4.78 is 0. The third kappa shape index (κ3) is 2.92. The van der Waals surface area contributed by atoms with Crippen LogP contribution in [0.2, 0.25) is 0 Å². The van der Waals surface area contributed by atoms with Gasteiger partial charge in [-0.05, 0) is 54.5 Å². The Kier molecular flexibility index (Phi) is 3.91.